The number of ether oxygens (including phenoxy) is 1. The van der Waals surface area contributed by atoms with Crippen molar-refractivity contribution < 1.29 is 18.3 Å². The van der Waals surface area contributed by atoms with Crippen molar-refractivity contribution in [3.05, 3.63) is 59.7 Å². The Morgan fingerprint density at radius 1 is 1.17 bits per heavy atom. The number of rotatable bonds is 10. The van der Waals surface area contributed by atoms with Crippen LogP contribution in [0.3, 0.4) is 0 Å². The van der Waals surface area contributed by atoms with Gasteiger partial charge in [0.1, 0.15) is 37.0 Å². The number of likely N-dealkylation sites (tertiary alicyclic amines) is 1. The molecular formula is C26H28ClF2N5O2. The van der Waals surface area contributed by atoms with Crippen molar-refractivity contribution in [2.24, 2.45) is 0 Å². The largest absolute Gasteiger partial charge is 0.489 e. The highest BCUT2D eigenvalue weighted by atomic mass is 35.5. The van der Waals surface area contributed by atoms with Crippen LogP contribution in [-0.4, -0.2) is 53.7 Å². The van der Waals surface area contributed by atoms with Crippen molar-refractivity contribution in [1.29, 1.82) is 0 Å². The lowest BCUT2D eigenvalue weighted by atomic mass is 10.1. The zero-order valence-corrected chi connectivity index (χ0v) is 20.5. The topological polar surface area (TPSA) is 79.4 Å². The summed E-state index contributed by atoms with van der Waals surface area (Å²) in [5.41, 5.74) is 1.41. The molecule has 190 valence electrons. The van der Waals surface area contributed by atoms with Crippen molar-refractivity contribution in [3.8, 4) is 5.75 Å². The maximum atomic E-state index is 13.5. The summed E-state index contributed by atoms with van der Waals surface area (Å²) >= 11 is 5.89. The quantitative estimate of drug-likeness (QED) is 0.328. The highest BCUT2D eigenvalue weighted by Crippen LogP contribution is 2.34. The summed E-state index contributed by atoms with van der Waals surface area (Å²) in [4.78, 5) is 23.6. The molecule has 1 aromatic heterocycles. The van der Waals surface area contributed by atoms with Crippen molar-refractivity contribution >= 4 is 45.6 Å². The van der Waals surface area contributed by atoms with Gasteiger partial charge in [0.2, 0.25) is 5.91 Å². The number of nitrogens with zero attached hydrogens (tertiary/aromatic N) is 3. The van der Waals surface area contributed by atoms with Crippen molar-refractivity contribution in [1.82, 2.24) is 14.9 Å². The molecular weight excluding hydrogens is 488 g/mol. The molecule has 0 atom stereocenters. The first-order chi connectivity index (χ1) is 17.5. The molecule has 1 aliphatic rings. The van der Waals surface area contributed by atoms with Gasteiger partial charge in [0.25, 0.3) is 0 Å². The molecule has 36 heavy (non-hydrogen) atoms. The normalized spacial score (nSPS) is 14.3. The van der Waals surface area contributed by atoms with Gasteiger partial charge in [-0.1, -0.05) is 24.1 Å². The summed E-state index contributed by atoms with van der Waals surface area (Å²) in [7, 11) is 0. The molecule has 0 unspecified atom stereocenters. The molecule has 1 amide bonds. The van der Waals surface area contributed by atoms with Gasteiger partial charge in [-0.25, -0.2) is 18.7 Å². The third-order valence-electron chi connectivity index (χ3n) is 5.84. The summed E-state index contributed by atoms with van der Waals surface area (Å²) in [6.07, 6.45) is 9.21. The Balaban J connectivity index is 1.53. The van der Waals surface area contributed by atoms with Gasteiger partial charge < -0.3 is 20.3 Å². The number of carbonyl (C=O) groups is 1. The molecule has 0 aliphatic carbocycles. The summed E-state index contributed by atoms with van der Waals surface area (Å²) in [5.74, 6) is -0.134. The van der Waals surface area contributed by atoms with E-state index in [2.05, 4.69) is 25.5 Å². The van der Waals surface area contributed by atoms with Gasteiger partial charge in [-0.2, -0.15) is 0 Å². The van der Waals surface area contributed by atoms with E-state index in [9.17, 15) is 13.6 Å². The molecule has 1 aliphatic heterocycles. The Kier molecular flexibility index (Phi) is 9.02. The molecule has 2 aromatic carbocycles. The van der Waals surface area contributed by atoms with Crippen LogP contribution in [0.15, 0.2) is 48.8 Å². The van der Waals surface area contributed by atoms with Crippen LogP contribution in [0.25, 0.3) is 10.9 Å². The first-order valence-electron chi connectivity index (χ1n) is 11.9. The molecule has 1 saturated heterocycles. The van der Waals surface area contributed by atoms with Gasteiger partial charge in [-0.3, -0.25) is 4.79 Å². The maximum Gasteiger partial charge on any atom is 0.248 e. The number of hydrogen-bond acceptors (Lipinski definition) is 6. The molecule has 0 saturated carbocycles. The van der Waals surface area contributed by atoms with Gasteiger partial charge in [-0.05, 0) is 62.7 Å². The van der Waals surface area contributed by atoms with Crippen LogP contribution in [0.4, 0.5) is 26.0 Å². The van der Waals surface area contributed by atoms with Crippen LogP contribution in [0.5, 0.6) is 5.75 Å². The number of carbonyl (C=O) groups excluding carboxylic acids is 1. The number of amides is 1. The molecule has 0 radical (unpaired) electrons. The van der Waals surface area contributed by atoms with Gasteiger partial charge in [0.15, 0.2) is 0 Å². The fourth-order valence-electron chi connectivity index (χ4n) is 4.06. The minimum absolute atomic E-state index is 0.0275. The average Bonchev–Trinajstić information content (AvgIpc) is 2.88. The maximum absolute atomic E-state index is 13.5. The zero-order valence-electron chi connectivity index (χ0n) is 19.8. The molecule has 2 heterocycles. The summed E-state index contributed by atoms with van der Waals surface area (Å²) in [6, 6.07) is 7.51. The first kappa shape index (κ1) is 25.8. The number of alkyl halides is 1. The van der Waals surface area contributed by atoms with Crippen LogP contribution < -0.4 is 15.4 Å². The predicted molar refractivity (Wildman–Crippen MR) is 138 cm³/mol. The lowest BCUT2D eigenvalue weighted by Gasteiger charge is -2.25. The van der Waals surface area contributed by atoms with Crippen molar-refractivity contribution in [2.45, 2.75) is 25.7 Å². The molecule has 3 aromatic rings. The molecule has 0 bridgehead atoms. The lowest BCUT2D eigenvalue weighted by Crippen LogP contribution is -2.30. The summed E-state index contributed by atoms with van der Waals surface area (Å²) in [6.45, 7) is 2.29. The third-order valence-corrected chi connectivity index (χ3v) is 6.13. The monoisotopic (exact) mass is 515 g/mol. The minimum Gasteiger partial charge on any atom is -0.489 e. The minimum atomic E-state index is -0.677. The van der Waals surface area contributed by atoms with Crippen molar-refractivity contribution in [2.75, 3.05) is 43.5 Å². The lowest BCUT2D eigenvalue weighted by molar-refractivity contribution is -0.111. The van der Waals surface area contributed by atoms with Crippen LogP contribution in [0, 0.1) is 5.82 Å². The van der Waals surface area contributed by atoms with Gasteiger partial charge in [0, 0.05) is 23.7 Å². The second kappa shape index (κ2) is 12.6. The number of aromatic nitrogens is 2. The van der Waals surface area contributed by atoms with Gasteiger partial charge >= 0.3 is 0 Å². The molecule has 4 rings (SSSR count). The van der Waals surface area contributed by atoms with E-state index in [0.717, 1.165) is 26.1 Å². The number of piperidine rings is 1. The van der Waals surface area contributed by atoms with E-state index in [1.165, 1.54) is 49.9 Å². The number of halogens is 3. The number of fused-ring (bicyclic) bond motifs is 1. The van der Waals surface area contributed by atoms with Crippen LogP contribution in [0.2, 0.25) is 5.02 Å². The van der Waals surface area contributed by atoms with E-state index in [1.54, 1.807) is 12.1 Å². The summed E-state index contributed by atoms with van der Waals surface area (Å²) in [5, 5.41) is 6.46. The summed E-state index contributed by atoms with van der Waals surface area (Å²) < 4.78 is 31.9. The first-order valence-corrected chi connectivity index (χ1v) is 12.3. The van der Waals surface area contributed by atoms with E-state index in [-0.39, 0.29) is 17.5 Å². The third kappa shape index (κ3) is 6.89. The number of nitrogens with one attached hydrogen (secondary N) is 2. The Labute approximate surface area is 213 Å². The van der Waals surface area contributed by atoms with Crippen LogP contribution in [0.1, 0.15) is 25.7 Å². The highest BCUT2D eigenvalue weighted by molar-refractivity contribution is 6.31. The van der Waals surface area contributed by atoms with Crippen LogP contribution >= 0.6 is 11.6 Å². The van der Waals surface area contributed by atoms with Gasteiger partial charge in [0.05, 0.1) is 16.2 Å². The zero-order chi connectivity index (χ0) is 25.3. The Morgan fingerprint density at radius 2 is 2.00 bits per heavy atom. The predicted octanol–water partition coefficient (Wildman–Crippen LogP) is 5.88. The van der Waals surface area contributed by atoms with E-state index in [1.807, 2.05) is 6.08 Å². The fraction of sp³-hybridized carbons (Fsp3) is 0.346. The molecule has 0 spiro atoms. The molecule has 7 nitrogen and oxygen atoms in total. The van der Waals surface area contributed by atoms with Crippen molar-refractivity contribution in [3.63, 3.8) is 0 Å². The highest BCUT2D eigenvalue weighted by Gasteiger charge is 2.14. The standard InChI is InChI=1S/C26H28ClF2N5O2/c27-20-14-18(7-8-21(20)29)32-26-19-15-23(24(36-13-9-28)16-22(19)30-17-31-26)33-25(35)6-2-5-12-34-10-3-1-4-11-34/h2,6-8,14-17H,1,3-5,9-13H2,(H,33,35)(H,30,31,32). The fourth-order valence-corrected chi connectivity index (χ4v) is 4.25. The number of hydrogen-bond donors (Lipinski definition) is 2. The van der Waals surface area contributed by atoms with Gasteiger partial charge in [-0.15, -0.1) is 0 Å². The number of benzene rings is 2. The molecule has 1 fully saturated rings. The van der Waals surface area contributed by atoms with E-state index >= 15 is 0 Å². The average molecular weight is 516 g/mol. The Hall–Kier alpha value is -3.30. The van der Waals surface area contributed by atoms with E-state index in [0.29, 0.717) is 33.8 Å². The molecule has 2 N–H and O–H groups in total. The Morgan fingerprint density at radius 3 is 2.78 bits per heavy atom. The Bertz CT molecular complexity index is 1230. The van der Waals surface area contributed by atoms with Crippen LogP contribution in [-0.2, 0) is 4.79 Å². The van der Waals surface area contributed by atoms with E-state index in [4.69, 9.17) is 16.3 Å². The smallest absolute Gasteiger partial charge is 0.248 e. The molecule has 10 heteroatoms. The second-order valence-corrected chi connectivity index (χ2v) is 8.87. The number of anilines is 3. The van der Waals surface area contributed by atoms with E-state index < -0.39 is 12.5 Å². The SMILES string of the molecule is O=C(C=CCCN1CCCCC1)Nc1cc2c(Nc3ccc(F)c(Cl)c3)ncnc2cc1OCCF. The second-order valence-electron chi connectivity index (χ2n) is 8.46.